The Bertz CT molecular complexity index is 473. The van der Waals surface area contributed by atoms with Gasteiger partial charge in [0.2, 0.25) is 0 Å². The molecule has 0 radical (unpaired) electrons. The van der Waals surface area contributed by atoms with Gasteiger partial charge in [-0.25, -0.2) is 4.98 Å². The van der Waals surface area contributed by atoms with Crippen molar-refractivity contribution in [3.05, 3.63) is 17.7 Å². The Hall–Kier alpha value is -0.830. The van der Waals surface area contributed by atoms with Gasteiger partial charge in [0, 0.05) is 5.69 Å². The van der Waals surface area contributed by atoms with Crippen LogP contribution in [0, 0.1) is 0 Å². The maximum Gasteiger partial charge on any atom is 0.0952 e. The number of ether oxygens (including phenoxy) is 1. The van der Waals surface area contributed by atoms with Crippen LogP contribution in [0.4, 0.5) is 0 Å². The quantitative estimate of drug-likeness (QED) is 0.823. The largest absolute Gasteiger partial charge is 0.370 e. The Morgan fingerprint density at radius 2 is 1.95 bits per heavy atom. The topological polar surface area (TPSA) is 27.1 Å². The van der Waals surface area contributed by atoms with Crippen molar-refractivity contribution in [2.45, 2.75) is 88.9 Å². The molecule has 110 valence electrons. The maximum absolute atomic E-state index is 6.51. The van der Waals surface area contributed by atoms with Crippen LogP contribution in [0.5, 0.6) is 0 Å². The minimum absolute atomic E-state index is 0.254. The lowest BCUT2D eigenvalue weighted by atomic mass is 9.83. The van der Waals surface area contributed by atoms with Crippen LogP contribution < -0.4 is 0 Å². The molecule has 1 aromatic rings. The van der Waals surface area contributed by atoms with E-state index in [4.69, 9.17) is 4.74 Å². The molecule has 0 bridgehead atoms. The van der Waals surface area contributed by atoms with Crippen molar-refractivity contribution >= 4 is 0 Å². The van der Waals surface area contributed by atoms with E-state index in [2.05, 4.69) is 15.9 Å². The Balaban J connectivity index is 1.44. The zero-order valence-corrected chi connectivity index (χ0v) is 12.4. The van der Waals surface area contributed by atoms with Gasteiger partial charge >= 0.3 is 0 Å². The first kappa shape index (κ1) is 12.9. The van der Waals surface area contributed by atoms with E-state index in [1.165, 1.54) is 82.0 Å². The van der Waals surface area contributed by atoms with Gasteiger partial charge in [0.05, 0.1) is 30.3 Å². The fraction of sp³-hybridized carbons (Fsp3) is 0.824. The normalized spacial score (nSPS) is 28.7. The molecule has 0 amide bonds. The van der Waals surface area contributed by atoms with Crippen LogP contribution in [0.3, 0.4) is 0 Å². The highest BCUT2D eigenvalue weighted by Gasteiger charge is 2.40. The van der Waals surface area contributed by atoms with Gasteiger partial charge in [-0.3, -0.25) is 0 Å². The molecule has 20 heavy (non-hydrogen) atoms. The molecule has 1 saturated heterocycles. The number of fused-ring (bicyclic) bond motifs is 1. The highest BCUT2D eigenvalue weighted by atomic mass is 16.5. The molecule has 1 aliphatic heterocycles. The van der Waals surface area contributed by atoms with Gasteiger partial charge in [0.15, 0.2) is 0 Å². The summed E-state index contributed by atoms with van der Waals surface area (Å²) < 4.78 is 8.90. The van der Waals surface area contributed by atoms with E-state index >= 15 is 0 Å². The second kappa shape index (κ2) is 5.18. The summed E-state index contributed by atoms with van der Waals surface area (Å²) in [4.78, 5) is 4.61. The summed E-state index contributed by atoms with van der Waals surface area (Å²) in [5, 5.41) is 0. The molecular formula is C17H26N2O. The minimum atomic E-state index is 0.254. The monoisotopic (exact) mass is 274 g/mol. The smallest absolute Gasteiger partial charge is 0.0952 e. The molecule has 1 atom stereocenters. The van der Waals surface area contributed by atoms with E-state index in [1.807, 2.05) is 0 Å². The second-order valence-corrected chi connectivity index (χ2v) is 7.02. The highest BCUT2D eigenvalue weighted by molar-refractivity contribution is 5.16. The lowest BCUT2D eigenvalue weighted by molar-refractivity contribution is -0.0681. The zero-order chi connectivity index (χ0) is 13.4. The molecule has 1 aromatic heterocycles. The van der Waals surface area contributed by atoms with Crippen LogP contribution in [-0.2, 0) is 24.1 Å². The number of rotatable bonds is 2. The summed E-state index contributed by atoms with van der Waals surface area (Å²) >= 11 is 0. The first-order chi connectivity index (χ1) is 9.85. The van der Waals surface area contributed by atoms with E-state index in [1.54, 1.807) is 0 Å². The van der Waals surface area contributed by atoms with Gasteiger partial charge in [0.1, 0.15) is 0 Å². The lowest BCUT2D eigenvalue weighted by Crippen LogP contribution is -2.32. The number of hydrogen-bond acceptors (Lipinski definition) is 2. The van der Waals surface area contributed by atoms with Crippen LogP contribution >= 0.6 is 0 Å². The van der Waals surface area contributed by atoms with Gasteiger partial charge < -0.3 is 9.30 Å². The van der Waals surface area contributed by atoms with Gasteiger partial charge in [-0.2, -0.15) is 0 Å². The minimum Gasteiger partial charge on any atom is -0.370 e. The summed E-state index contributed by atoms with van der Waals surface area (Å²) in [5.74, 6) is 0. The predicted octanol–water partition coefficient (Wildman–Crippen LogP) is 3.64. The fourth-order valence-electron chi connectivity index (χ4n) is 4.50. The molecule has 1 spiro atoms. The summed E-state index contributed by atoms with van der Waals surface area (Å²) in [7, 11) is 0. The van der Waals surface area contributed by atoms with Crippen molar-refractivity contribution in [2.75, 3.05) is 0 Å². The first-order valence-corrected chi connectivity index (χ1v) is 8.55. The van der Waals surface area contributed by atoms with Crippen molar-refractivity contribution in [3.8, 4) is 0 Å². The standard InChI is InChI=1S/C17H26N2O/c1-4-9-17(10-5-1)11-8-14(20-17)12-19-13-18-15-6-2-3-7-16(15)19/h13-14H,1-12H2. The molecular weight excluding hydrogens is 248 g/mol. The Morgan fingerprint density at radius 3 is 2.85 bits per heavy atom. The number of aromatic nitrogens is 2. The molecule has 1 unspecified atom stereocenters. The van der Waals surface area contributed by atoms with Crippen LogP contribution in [0.15, 0.2) is 6.33 Å². The molecule has 0 N–H and O–H groups in total. The molecule has 1 saturated carbocycles. The van der Waals surface area contributed by atoms with Crippen molar-refractivity contribution in [1.29, 1.82) is 0 Å². The molecule has 3 aliphatic rings. The number of aryl methyl sites for hydroxylation is 1. The third-order valence-corrected chi connectivity index (χ3v) is 5.61. The van der Waals surface area contributed by atoms with Crippen molar-refractivity contribution in [3.63, 3.8) is 0 Å². The van der Waals surface area contributed by atoms with Crippen molar-refractivity contribution in [1.82, 2.24) is 9.55 Å². The molecule has 2 heterocycles. The number of imidazole rings is 1. The molecule has 2 aliphatic carbocycles. The summed E-state index contributed by atoms with van der Waals surface area (Å²) in [6.45, 7) is 1.03. The summed E-state index contributed by atoms with van der Waals surface area (Å²) in [6.07, 6.45) is 16.8. The van der Waals surface area contributed by atoms with Crippen LogP contribution in [0.2, 0.25) is 0 Å². The van der Waals surface area contributed by atoms with E-state index in [0.717, 1.165) is 6.54 Å². The Morgan fingerprint density at radius 1 is 1.10 bits per heavy atom. The lowest BCUT2D eigenvalue weighted by Gasteiger charge is -2.33. The van der Waals surface area contributed by atoms with Gasteiger partial charge in [0.25, 0.3) is 0 Å². The van der Waals surface area contributed by atoms with Gasteiger partial charge in [-0.05, 0) is 51.4 Å². The first-order valence-electron chi connectivity index (χ1n) is 8.55. The molecule has 0 aromatic carbocycles. The van der Waals surface area contributed by atoms with Crippen molar-refractivity contribution < 1.29 is 4.74 Å². The second-order valence-electron chi connectivity index (χ2n) is 7.02. The average molecular weight is 274 g/mol. The molecule has 4 rings (SSSR count). The maximum atomic E-state index is 6.51. The van der Waals surface area contributed by atoms with Crippen LogP contribution in [-0.4, -0.2) is 21.3 Å². The number of hydrogen-bond donors (Lipinski definition) is 0. The van der Waals surface area contributed by atoms with Crippen LogP contribution in [0.25, 0.3) is 0 Å². The predicted molar refractivity (Wildman–Crippen MR) is 78.8 cm³/mol. The summed E-state index contributed by atoms with van der Waals surface area (Å²) in [5.41, 5.74) is 3.09. The molecule has 3 heteroatoms. The van der Waals surface area contributed by atoms with Gasteiger partial charge in [-0.1, -0.05) is 19.3 Å². The number of nitrogens with zero attached hydrogens (tertiary/aromatic N) is 2. The average Bonchev–Trinajstić information content (AvgIpc) is 3.06. The third-order valence-electron chi connectivity index (χ3n) is 5.61. The van der Waals surface area contributed by atoms with Crippen molar-refractivity contribution in [2.24, 2.45) is 0 Å². The van der Waals surface area contributed by atoms with E-state index in [-0.39, 0.29) is 5.60 Å². The van der Waals surface area contributed by atoms with E-state index in [0.29, 0.717) is 6.10 Å². The summed E-state index contributed by atoms with van der Waals surface area (Å²) in [6, 6.07) is 0. The van der Waals surface area contributed by atoms with Crippen LogP contribution in [0.1, 0.15) is 69.2 Å². The van der Waals surface area contributed by atoms with Gasteiger partial charge in [-0.15, -0.1) is 0 Å². The highest BCUT2D eigenvalue weighted by Crippen LogP contribution is 2.42. The molecule has 2 fully saturated rings. The zero-order valence-electron chi connectivity index (χ0n) is 12.4. The van der Waals surface area contributed by atoms with E-state index < -0.39 is 0 Å². The third kappa shape index (κ3) is 2.30. The van der Waals surface area contributed by atoms with E-state index in [9.17, 15) is 0 Å². The molecule has 3 nitrogen and oxygen atoms in total. The SMILES string of the molecule is c1nc2c(n1CC1CCC3(CCCCC3)O1)CCCC2. The Labute approximate surface area is 121 Å². The Kier molecular flexibility index (Phi) is 3.33. The fourth-order valence-corrected chi connectivity index (χ4v) is 4.50.